The summed E-state index contributed by atoms with van der Waals surface area (Å²) >= 11 is 0. The van der Waals surface area contributed by atoms with Crippen molar-refractivity contribution in [2.45, 2.75) is 25.3 Å². The Morgan fingerprint density at radius 1 is 0.905 bits per heavy atom. The minimum Gasteiger partial charge on any atom is -0.484 e. The SMILES string of the molecule is O=C(COc1ccc2ccccc2c1)N1N=C2C(=Cc3ccc([N+](=O)[O-])cc3)CCCC2C1c1ccc([N+](=O)[O-])cc1. The van der Waals surface area contributed by atoms with Gasteiger partial charge in [0.2, 0.25) is 0 Å². The highest BCUT2D eigenvalue weighted by atomic mass is 16.6. The number of nitro benzene ring substituents is 2. The zero-order valence-electron chi connectivity index (χ0n) is 22.5. The van der Waals surface area contributed by atoms with Gasteiger partial charge < -0.3 is 4.74 Å². The highest BCUT2D eigenvalue weighted by Gasteiger charge is 2.44. The molecule has 1 saturated carbocycles. The number of ether oxygens (including phenoxy) is 1. The van der Waals surface area contributed by atoms with Gasteiger partial charge in [0.05, 0.1) is 21.6 Å². The summed E-state index contributed by atoms with van der Waals surface area (Å²) in [4.78, 5) is 35.1. The molecule has 1 amide bonds. The maximum Gasteiger partial charge on any atom is 0.281 e. The van der Waals surface area contributed by atoms with Gasteiger partial charge in [-0.25, -0.2) is 5.01 Å². The molecule has 4 aromatic rings. The number of allylic oxidation sites excluding steroid dienone is 1. The molecule has 0 spiro atoms. The van der Waals surface area contributed by atoms with Crippen LogP contribution in [0.25, 0.3) is 16.8 Å². The number of nitro groups is 2. The second kappa shape index (κ2) is 11.2. The third-order valence-corrected chi connectivity index (χ3v) is 7.73. The standard InChI is InChI=1S/C32H26N4O6/c37-30(20-42-28-17-12-22-4-1-2-5-24(22)19-28)34-32(23-10-15-27(16-11-23)36(40)41)29-7-3-6-25(31(29)33-34)18-21-8-13-26(14-9-21)35(38)39/h1-2,4-5,8-19,29,32H,3,6-7,20H2. The van der Waals surface area contributed by atoms with E-state index in [0.29, 0.717) is 5.75 Å². The highest BCUT2D eigenvalue weighted by molar-refractivity contribution is 6.08. The maximum absolute atomic E-state index is 13.7. The Balaban J connectivity index is 1.31. The lowest BCUT2D eigenvalue weighted by molar-refractivity contribution is -0.385. The van der Waals surface area contributed by atoms with Gasteiger partial charge in [0.25, 0.3) is 17.3 Å². The lowest BCUT2D eigenvalue weighted by Gasteiger charge is -2.29. The number of hydrogen-bond acceptors (Lipinski definition) is 7. The van der Waals surface area contributed by atoms with Crippen LogP contribution in [0.5, 0.6) is 5.75 Å². The zero-order valence-corrected chi connectivity index (χ0v) is 22.5. The lowest BCUT2D eigenvalue weighted by atomic mass is 9.77. The lowest BCUT2D eigenvalue weighted by Crippen LogP contribution is -2.34. The molecule has 0 N–H and O–H groups in total. The summed E-state index contributed by atoms with van der Waals surface area (Å²) in [6.07, 6.45) is 4.35. The van der Waals surface area contributed by atoms with E-state index in [0.717, 1.165) is 52.4 Å². The Labute approximate surface area is 240 Å². The molecule has 1 fully saturated rings. The summed E-state index contributed by atoms with van der Waals surface area (Å²) < 4.78 is 5.91. The van der Waals surface area contributed by atoms with Crippen LogP contribution in [-0.4, -0.2) is 33.1 Å². The van der Waals surface area contributed by atoms with E-state index in [1.165, 1.54) is 29.3 Å². The van der Waals surface area contributed by atoms with E-state index >= 15 is 0 Å². The van der Waals surface area contributed by atoms with E-state index in [9.17, 15) is 25.0 Å². The summed E-state index contributed by atoms with van der Waals surface area (Å²) in [6, 6.07) is 25.6. The Kier molecular flexibility index (Phi) is 7.18. The Morgan fingerprint density at radius 3 is 2.26 bits per heavy atom. The van der Waals surface area contributed by atoms with Crippen LogP contribution >= 0.6 is 0 Å². The van der Waals surface area contributed by atoms with Gasteiger partial charge in [-0.15, -0.1) is 0 Å². The molecule has 0 saturated heterocycles. The second-order valence-electron chi connectivity index (χ2n) is 10.3. The van der Waals surface area contributed by atoms with E-state index in [1.807, 2.05) is 48.5 Å². The van der Waals surface area contributed by atoms with Crippen LogP contribution in [0.1, 0.15) is 36.4 Å². The number of carbonyl (C=O) groups is 1. The quantitative estimate of drug-likeness (QED) is 0.179. The van der Waals surface area contributed by atoms with Gasteiger partial charge in [0, 0.05) is 30.2 Å². The molecule has 1 aliphatic carbocycles. The van der Waals surface area contributed by atoms with E-state index < -0.39 is 15.9 Å². The van der Waals surface area contributed by atoms with Gasteiger partial charge in [0.1, 0.15) is 5.75 Å². The van der Waals surface area contributed by atoms with Crippen LogP contribution in [0, 0.1) is 26.1 Å². The van der Waals surface area contributed by atoms with Gasteiger partial charge in [-0.3, -0.25) is 25.0 Å². The molecule has 210 valence electrons. The van der Waals surface area contributed by atoms with Crippen molar-refractivity contribution >= 4 is 39.8 Å². The van der Waals surface area contributed by atoms with Crippen molar-refractivity contribution in [1.82, 2.24) is 5.01 Å². The first-order valence-corrected chi connectivity index (χ1v) is 13.6. The van der Waals surface area contributed by atoms with Crippen LogP contribution in [-0.2, 0) is 4.79 Å². The first-order chi connectivity index (χ1) is 20.4. The topological polar surface area (TPSA) is 128 Å². The number of benzene rings is 4. The molecule has 2 aliphatic rings. The maximum atomic E-state index is 13.7. The number of hydrogen-bond donors (Lipinski definition) is 0. The molecular formula is C32H26N4O6. The van der Waals surface area contributed by atoms with Crippen LogP contribution < -0.4 is 4.74 Å². The number of non-ortho nitro benzene ring substituents is 2. The van der Waals surface area contributed by atoms with Gasteiger partial charge >= 0.3 is 0 Å². The van der Waals surface area contributed by atoms with Crippen molar-refractivity contribution in [2.75, 3.05) is 6.61 Å². The predicted molar refractivity (Wildman–Crippen MR) is 158 cm³/mol. The summed E-state index contributed by atoms with van der Waals surface area (Å²) in [5.74, 6) is 0.120. The normalized spacial score (nSPS) is 18.9. The third kappa shape index (κ3) is 5.34. The Hall–Kier alpha value is -5.38. The molecular weight excluding hydrogens is 536 g/mol. The number of carbonyl (C=O) groups excluding carboxylic acids is 1. The van der Waals surface area contributed by atoms with Crippen LogP contribution in [0.15, 0.2) is 102 Å². The largest absolute Gasteiger partial charge is 0.484 e. The number of nitrogens with zero attached hydrogens (tertiary/aromatic N) is 4. The summed E-state index contributed by atoms with van der Waals surface area (Å²) in [5, 5.41) is 30.7. The monoisotopic (exact) mass is 562 g/mol. The van der Waals surface area contributed by atoms with Gasteiger partial charge in [-0.2, -0.15) is 5.10 Å². The summed E-state index contributed by atoms with van der Waals surface area (Å²) in [6.45, 7) is -0.229. The van der Waals surface area contributed by atoms with Gasteiger partial charge in [0.15, 0.2) is 6.61 Å². The van der Waals surface area contributed by atoms with Crippen molar-refractivity contribution in [3.8, 4) is 5.75 Å². The molecule has 6 rings (SSSR count). The fourth-order valence-electron chi connectivity index (χ4n) is 5.70. The Morgan fingerprint density at radius 2 is 1.57 bits per heavy atom. The number of fused-ring (bicyclic) bond motifs is 2. The second-order valence-corrected chi connectivity index (χ2v) is 10.3. The molecule has 0 aromatic heterocycles. The molecule has 0 radical (unpaired) electrons. The van der Waals surface area contributed by atoms with E-state index in [4.69, 9.17) is 9.84 Å². The van der Waals surface area contributed by atoms with Crippen molar-refractivity contribution in [2.24, 2.45) is 11.0 Å². The fraction of sp³-hybridized carbons (Fsp3) is 0.188. The Bertz CT molecular complexity index is 1750. The smallest absolute Gasteiger partial charge is 0.281 e. The first kappa shape index (κ1) is 26.8. The molecule has 10 heteroatoms. The molecule has 2 atom stereocenters. The molecule has 1 aliphatic heterocycles. The van der Waals surface area contributed by atoms with Crippen molar-refractivity contribution in [3.63, 3.8) is 0 Å². The predicted octanol–water partition coefficient (Wildman–Crippen LogP) is 6.86. The van der Waals surface area contributed by atoms with Crippen LogP contribution in [0.4, 0.5) is 11.4 Å². The molecule has 42 heavy (non-hydrogen) atoms. The average molecular weight is 563 g/mol. The van der Waals surface area contributed by atoms with E-state index in [-0.39, 0.29) is 29.8 Å². The average Bonchev–Trinajstić information content (AvgIpc) is 3.41. The van der Waals surface area contributed by atoms with Gasteiger partial charge in [-0.1, -0.05) is 42.5 Å². The van der Waals surface area contributed by atoms with Gasteiger partial charge in [-0.05, 0) is 77.1 Å². The molecule has 4 aromatic carbocycles. The number of amides is 1. The van der Waals surface area contributed by atoms with Crippen molar-refractivity contribution < 1.29 is 19.4 Å². The fourth-order valence-corrected chi connectivity index (χ4v) is 5.70. The molecule has 0 bridgehead atoms. The van der Waals surface area contributed by atoms with E-state index in [1.54, 1.807) is 24.3 Å². The molecule has 2 unspecified atom stereocenters. The molecule has 10 nitrogen and oxygen atoms in total. The van der Waals surface area contributed by atoms with Crippen LogP contribution in [0.2, 0.25) is 0 Å². The first-order valence-electron chi connectivity index (χ1n) is 13.6. The third-order valence-electron chi connectivity index (χ3n) is 7.73. The minimum atomic E-state index is -0.452. The van der Waals surface area contributed by atoms with Crippen LogP contribution in [0.3, 0.4) is 0 Å². The van der Waals surface area contributed by atoms with Crippen molar-refractivity contribution in [1.29, 1.82) is 0 Å². The minimum absolute atomic E-state index is 0.0123. The summed E-state index contributed by atoms with van der Waals surface area (Å²) in [7, 11) is 0. The number of rotatable bonds is 7. The number of hydrazone groups is 1. The van der Waals surface area contributed by atoms with Crippen molar-refractivity contribution in [3.05, 3.63) is 128 Å². The van der Waals surface area contributed by atoms with E-state index in [2.05, 4.69) is 0 Å². The highest BCUT2D eigenvalue weighted by Crippen LogP contribution is 2.44. The summed E-state index contributed by atoms with van der Waals surface area (Å²) in [5.41, 5.74) is 3.27. The zero-order chi connectivity index (χ0) is 29.2. The molecule has 1 heterocycles.